The second-order valence-electron chi connectivity index (χ2n) is 7.54. The Balaban J connectivity index is 1.51. The molecule has 0 fully saturated rings. The van der Waals surface area contributed by atoms with Gasteiger partial charge in [-0.15, -0.1) is 11.3 Å². The summed E-state index contributed by atoms with van der Waals surface area (Å²) in [6.07, 6.45) is 2.54. The molecule has 30 heavy (non-hydrogen) atoms. The van der Waals surface area contributed by atoms with Gasteiger partial charge in [0.15, 0.2) is 5.13 Å². The number of anilines is 2. The molecule has 0 spiro atoms. The molecule has 0 radical (unpaired) electrons. The third kappa shape index (κ3) is 4.40. The highest BCUT2D eigenvalue weighted by Crippen LogP contribution is 2.37. The number of hydrogen-bond donors (Lipinski definition) is 2. The Bertz CT molecular complexity index is 1110. The van der Waals surface area contributed by atoms with Gasteiger partial charge in [-0.05, 0) is 69.0 Å². The van der Waals surface area contributed by atoms with E-state index in [0.29, 0.717) is 15.7 Å². The van der Waals surface area contributed by atoms with Gasteiger partial charge in [-0.2, -0.15) is 0 Å². The Morgan fingerprint density at radius 3 is 2.60 bits per heavy atom. The molecule has 2 aromatic carbocycles. The van der Waals surface area contributed by atoms with Crippen molar-refractivity contribution in [2.24, 2.45) is 0 Å². The normalized spacial score (nSPS) is 15.4. The van der Waals surface area contributed by atoms with E-state index in [1.54, 1.807) is 24.3 Å². The van der Waals surface area contributed by atoms with Gasteiger partial charge in [0.1, 0.15) is 0 Å². The molecule has 4 rings (SSSR count). The molecule has 1 aliphatic carbocycles. The summed E-state index contributed by atoms with van der Waals surface area (Å²) in [4.78, 5) is 31.2. The average Bonchev–Trinajstić information content (AvgIpc) is 3.12. The van der Waals surface area contributed by atoms with Crippen molar-refractivity contribution in [3.05, 3.63) is 74.7 Å². The Hall–Kier alpha value is -2.70. The second-order valence-corrected chi connectivity index (χ2v) is 9.06. The third-order valence-electron chi connectivity index (χ3n) is 5.24. The van der Waals surface area contributed by atoms with Crippen molar-refractivity contribution < 1.29 is 9.59 Å². The fraction of sp³-hybridized carbons (Fsp3) is 0.261. The number of carbonyl (C=O) groups is 2. The SMILES string of the molecule is Cc1ccc(NC(=O)C2CCCc3sc(NC(=O)c4ccc(Cl)cc4)nc32)c(C)c1. The Kier molecular flexibility index (Phi) is 5.88. The zero-order valence-electron chi connectivity index (χ0n) is 16.8. The summed E-state index contributed by atoms with van der Waals surface area (Å²) in [6.45, 7) is 4.02. The van der Waals surface area contributed by atoms with Crippen LogP contribution in [0.15, 0.2) is 42.5 Å². The topological polar surface area (TPSA) is 71.1 Å². The van der Waals surface area contributed by atoms with Crippen LogP contribution in [0.5, 0.6) is 0 Å². The number of carbonyl (C=O) groups excluding carboxylic acids is 2. The van der Waals surface area contributed by atoms with Gasteiger partial charge in [0.05, 0.1) is 11.6 Å². The van der Waals surface area contributed by atoms with Crippen LogP contribution in [0.25, 0.3) is 0 Å². The molecule has 7 heteroatoms. The molecule has 1 unspecified atom stereocenters. The predicted octanol–water partition coefficient (Wildman–Crippen LogP) is 5.72. The van der Waals surface area contributed by atoms with Gasteiger partial charge < -0.3 is 5.32 Å². The van der Waals surface area contributed by atoms with Gasteiger partial charge in [-0.25, -0.2) is 4.98 Å². The number of nitrogens with zero attached hydrogens (tertiary/aromatic N) is 1. The number of halogens is 1. The van der Waals surface area contributed by atoms with Crippen LogP contribution in [0.1, 0.15) is 50.8 Å². The zero-order chi connectivity index (χ0) is 21.3. The maximum Gasteiger partial charge on any atom is 0.257 e. The molecule has 3 aromatic rings. The number of benzene rings is 2. The summed E-state index contributed by atoms with van der Waals surface area (Å²) in [5, 5.41) is 7.01. The molecule has 0 bridgehead atoms. The van der Waals surface area contributed by atoms with E-state index in [0.717, 1.165) is 46.6 Å². The lowest BCUT2D eigenvalue weighted by Crippen LogP contribution is -2.25. The minimum absolute atomic E-state index is 0.0521. The summed E-state index contributed by atoms with van der Waals surface area (Å²) < 4.78 is 0. The maximum atomic E-state index is 13.0. The molecular formula is C23H22ClN3O2S. The minimum atomic E-state index is -0.313. The highest BCUT2D eigenvalue weighted by Gasteiger charge is 2.31. The average molecular weight is 440 g/mol. The molecule has 5 nitrogen and oxygen atoms in total. The monoisotopic (exact) mass is 439 g/mol. The largest absolute Gasteiger partial charge is 0.325 e. The molecule has 1 heterocycles. The van der Waals surface area contributed by atoms with Crippen molar-refractivity contribution in [1.29, 1.82) is 0 Å². The van der Waals surface area contributed by atoms with Crippen molar-refractivity contribution in [2.45, 2.75) is 39.0 Å². The van der Waals surface area contributed by atoms with Crippen molar-refractivity contribution >= 4 is 45.6 Å². The molecular weight excluding hydrogens is 418 g/mol. The van der Waals surface area contributed by atoms with Crippen molar-refractivity contribution in [2.75, 3.05) is 10.6 Å². The first-order chi connectivity index (χ1) is 14.4. The smallest absolute Gasteiger partial charge is 0.257 e. The number of rotatable bonds is 4. The first kappa shape index (κ1) is 20.6. The number of fused-ring (bicyclic) bond motifs is 1. The molecule has 154 valence electrons. The molecule has 2 amide bonds. The van der Waals surface area contributed by atoms with Crippen LogP contribution in [0.2, 0.25) is 5.02 Å². The molecule has 0 saturated heterocycles. The van der Waals surface area contributed by atoms with E-state index in [4.69, 9.17) is 11.6 Å². The number of thiazole rings is 1. The lowest BCUT2D eigenvalue weighted by molar-refractivity contribution is -0.117. The van der Waals surface area contributed by atoms with Crippen LogP contribution < -0.4 is 10.6 Å². The maximum absolute atomic E-state index is 13.0. The quantitative estimate of drug-likeness (QED) is 0.545. The molecule has 0 aliphatic heterocycles. The fourth-order valence-corrected chi connectivity index (χ4v) is 4.86. The minimum Gasteiger partial charge on any atom is -0.325 e. The van der Waals surface area contributed by atoms with E-state index in [2.05, 4.69) is 21.7 Å². The number of amides is 2. The summed E-state index contributed by atoms with van der Waals surface area (Å²) in [6, 6.07) is 12.7. The third-order valence-corrected chi connectivity index (χ3v) is 6.54. The molecule has 1 aliphatic rings. The zero-order valence-corrected chi connectivity index (χ0v) is 18.4. The van der Waals surface area contributed by atoms with Gasteiger partial charge in [0.25, 0.3) is 5.91 Å². The molecule has 1 atom stereocenters. The van der Waals surface area contributed by atoms with Gasteiger partial charge in [-0.3, -0.25) is 14.9 Å². The van der Waals surface area contributed by atoms with E-state index in [9.17, 15) is 9.59 Å². The number of aromatic nitrogens is 1. The van der Waals surface area contributed by atoms with Crippen LogP contribution in [-0.2, 0) is 11.2 Å². The van der Waals surface area contributed by atoms with Crippen LogP contribution in [0.3, 0.4) is 0 Å². The van der Waals surface area contributed by atoms with E-state index in [1.165, 1.54) is 11.3 Å². The molecule has 2 N–H and O–H groups in total. The van der Waals surface area contributed by atoms with Crippen molar-refractivity contribution in [3.63, 3.8) is 0 Å². The van der Waals surface area contributed by atoms with E-state index in [-0.39, 0.29) is 17.7 Å². The number of aryl methyl sites for hydroxylation is 3. The van der Waals surface area contributed by atoms with Gasteiger partial charge >= 0.3 is 0 Å². The molecule has 1 aromatic heterocycles. The lowest BCUT2D eigenvalue weighted by atomic mass is 9.90. The standard InChI is InChI=1S/C23H22ClN3O2S/c1-13-6-11-18(14(2)12-13)25-22(29)17-4-3-5-19-20(17)26-23(30-19)27-21(28)15-7-9-16(24)10-8-15/h6-12,17H,3-5H2,1-2H3,(H,25,29)(H,26,27,28). The number of hydrogen-bond acceptors (Lipinski definition) is 4. The van der Waals surface area contributed by atoms with Gasteiger partial charge in [0, 0.05) is 21.2 Å². The lowest BCUT2D eigenvalue weighted by Gasteiger charge is -2.21. The van der Waals surface area contributed by atoms with Crippen LogP contribution >= 0.6 is 22.9 Å². The highest BCUT2D eigenvalue weighted by molar-refractivity contribution is 7.16. The van der Waals surface area contributed by atoms with Gasteiger partial charge in [0.2, 0.25) is 5.91 Å². The second kappa shape index (κ2) is 8.58. The summed E-state index contributed by atoms with van der Waals surface area (Å²) in [5.74, 6) is -0.607. The van der Waals surface area contributed by atoms with Crippen molar-refractivity contribution in [3.8, 4) is 0 Å². The predicted molar refractivity (Wildman–Crippen MR) is 122 cm³/mol. The van der Waals surface area contributed by atoms with Crippen LogP contribution in [-0.4, -0.2) is 16.8 Å². The summed E-state index contributed by atoms with van der Waals surface area (Å²) >= 11 is 7.33. The highest BCUT2D eigenvalue weighted by atomic mass is 35.5. The van der Waals surface area contributed by atoms with E-state index >= 15 is 0 Å². The van der Waals surface area contributed by atoms with Crippen molar-refractivity contribution in [1.82, 2.24) is 4.98 Å². The van der Waals surface area contributed by atoms with E-state index < -0.39 is 0 Å². The van der Waals surface area contributed by atoms with Crippen LogP contribution in [0, 0.1) is 13.8 Å². The Morgan fingerprint density at radius 1 is 1.10 bits per heavy atom. The van der Waals surface area contributed by atoms with Gasteiger partial charge in [-0.1, -0.05) is 29.3 Å². The first-order valence-corrected chi connectivity index (χ1v) is 11.0. The van der Waals surface area contributed by atoms with Crippen LogP contribution in [0.4, 0.5) is 10.8 Å². The molecule has 0 saturated carbocycles. The Labute approximate surface area is 184 Å². The number of nitrogens with one attached hydrogen (secondary N) is 2. The fourth-order valence-electron chi connectivity index (χ4n) is 3.67. The summed E-state index contributed by atoms with van der Waals surface area (Å²) in [5.41, 5.74) is 4.31. The Morgan fingerprint density at radius 2 is 1.87 bits per heavy atom. The summed E-state index contributed by atoms with van der Waals surface area (Å²) in [7, 11) is 0. The van der Waals surface area contributed by atoms with E-state index in [1.807, 2.05) is 26.0 Å². The first-order valence-electron chi connectivity index (χ1n) is 9.85.